The van der Waals surface area contributed by atoms with Gasteiger partial charge in [-0.3, -0.25) is 4.79 Å². The summed E-state index contributed by atoms with van der Waals surface area (Å²) < 4.78 is 11.0. The van der Waals surface area contributed by atoms with Gasteiger partial charge in [0.05, 0.1) is 13.2 Å². The van der Waals surface area contributed by atoms with Gasteiger partial charge in [0, 0.05) is 17.4 Å². The lowest BCUT2D eigenvalue weighted by atomic mass is 9.97. The van der Waals surface area contributed by atoms with E-state index in [0.717, 1.165) is 28.0 Å². The SMILES string of the molecule is CCOC(=O)c1c(-c2ccc(C)cc2C)csc1NC(=O)CCCOc1ccc(C)cc1. The number of anilines is 1. The largest absolute Gasteiger partial charge is 0.494 e. The van der Waals surface area contributed by atoms with Gasteiger partial charge in [0.1, 0.15) is 16.3 Å². The number of carbonyl (C=O) groups is 2. The van der Waals surface area contributed by atoms with Crippen molar-refractivity contribution in [1.82, 2.24) is 0 Å². The number of hydrogen-bond acceptors (Lipinski definition) is 5. The van der Waals surface area contributed by atoms with E-state index in [1.165, 1.54) is 16.9 Å². The van der Waals surface area contributed by atoms with Gasteiger partial charge in [0.15, 0.2) is 0 Å². The average molecular weight is 452 g/mol. The normalized spacial score (nSPS) is 10.6. The van der Waals surface area contributed by atoms with Crippen LogP contribution < -0.4 is 10.1 Å². The zero-order valence-electron chi connectivity index (χ0n) is 19.0. The van der Waals surface area contributed by atoms with Crippen LogP contribution in [0.3, 0.4) is 0 Å². The first-order chi connectivity index (χ1) is 15.4. The molecule has 0 atom stereocenters. The third kappa shape index (κ3) is 5.98. The summed E-state index contributed by atoms with van der Waals surface area (Å²) in [6.45, 7) is 8.55. The lowest BCUT2D eigenvalue weighted by Crippen LogP contribution is -2.15. The highest BCUT2D eigenvalue weighted by Gasteiger charge is 2.23. The van der Waals surface area contributed by atoms with Crippen molar-refractivity contribution >= 4 is 28.2 Å². The Bertz CT molecular complexity index is 1090. The van der Waals surface area contributed by atoms with Crippen LogP contribution in [0.5, 0.6) is 5.75 Å². The molecule has 6 heteroatoms. The molecule has 0 aliphatic heterocycles. The number of carbonyl (C=O) groups excluding carboxylic acids is 2. The summed E-state index contributed by atoms with van der Waals surface area (Å²) in [5.41, 5.74) is 5.55. The molecular formula is C26H29NO4S. The molecule has 1 amide bonds. The molecule has 3 rings (SSSR count). The highest BCUT2D eigenvalue weighted by molar-refractivity contribution is 7.15. The number of amides is 1. The van der Waals surface area contributed by atoms with E-state index in [2.05, 4.69) is 11.4 Å². The Balaban J connectivity index is 1.68. The van der Waals surface area contributed by atoms with E-state index >= 15 is 0 Å². The quantitative estimate of drug-likeness (QED) is 0.306. The van der Waals surface area contributed by atoms with Crippen molar-refractivity contribution in [3.63, 3.8) is 0 Å². The molecule has 0 aliphatic rings. The number of hydrogen-bond donors (Lipinski definition) is 1. The maximum absolute atomic E-state index is 12.7. The highest BCUT2D eigenvalue weighted by Crippen LogP contribution is 2.38. The molecule has 0 spiro atoms. The van der Waals surface area contributed by atoms with Gasteiger partial charge in [0.25, 0.3) is 0 Å². The van der Waals surface area contributed by atoms with Gasteiger partial charge < -0.3 is 14.8 Å². The summed E-state index contributed by atoms with van der Waals surface area (Å²) in [5.74, 6) is 0.204. The smallest absolute Gasteiger partial charge is 0.341 e. The molecule has 2 aromatic carbocycles. The monoisotopic (exact) mass is 451 g/mol. The third-order valence-corrected chi connectivity index (χ3v) is 5.93. The van der Waals surface area contributed by atoms with E-state index in [1.54, 1.807) is 6.92 Å². The highest BCUT2D eigenvalue weighted by atomic mass is 32.1. The first-order valence-corrected chi connectivity index (χ1v) is 11.6. The Morgan fingerprint density at radius 2 is 1.69 bits per heavy atom. The molecule has 1 aromatic heterocycles. The fourth-order valence-electron chi connectivity index (χ4n) is 3.42. The second kappa shape index (κ2) is 11.0. The summed E-state index contributed by atoms with van der Waals surface area (Å²) in [4.78, 5) is 25.3. The van der Waals surface area contributed by atoms with Crippen LogP contribution in [0.2, 0.25) is 0 Å². The molecule has 1 heterocycles. The number of benzene rings is 2. The van der Waals surface area contributed by atoms with Gasteiger partial charge in [0.2, 0.25) is 5.91 Å². The Labute approximate surface area is 193 Å². The number of nitrogens with one attached hydrogen (secondary N) is 1. The van der Waals surface area contributed by atoms with Gasteiger partial charge in [-0.25, -0.2) is 4.79 Å². The van der Waals surface area contributed by atoms with E-state index in [4.69, 9.17) is 9.47 Å². The third-order valence-electron chi connectivity index (χ3n) is 5.03. The lowest BCUT2D eigenvalue weighted by molar-refractivity contribution is -0.116. The zero-order valence-corrected chi connectivity index (χ0v) is 19.8. The van der Waals surface area contributed by atoms with Crippen molar-refractivity contribution in [1.29, 1.82) is 0 Å². The molecule has 0 saturated carbocycles. The van der Waals surface area contributed by atoms with Crippen LogP contribution in [0.4, 0.5) is 5.00 Å². The minimum Gasteiger partial charge on any atom is -0.494 e. The summed E-state index contributed by atoms with van der Waals surface area (Å²) in [6, 6.07) is 13.9. The Kier molecular flexibility index (Phi) is 8.06. The lowest BCUT2D eigenvalue weighted by Gasteiger charge is -2.11. The zero-order chi connectivity index (χ0) is 23.1. The summed E-state index contributed by atoms with van der Waals surface area (Å²) >= 11 is 1.34. The molecule has 168 valence electrons. The molecule has 0 aliphatic carbocycles. The van der Waals surface area contributed by atoms with Crippen molar-refractivity contribution in [2.75, 3.05) is 18.5 Å². The molecule has 3 aromatic rings. The molecule has 0 saturated heterocycles. The first kappa shape index (κ1) is 23.5. The van der Waals surface area contributed by atoms with E-state index in [9.17, 15) is 9.59 Å². The average Bonchev–Trinajstić information content (AvgIpc) is 3.16. The number of thiophene rings is 1. The van der Waals surface area contributed by atoms with Crippen molar-refractivity contribution in [3.8, 4) is 16.9 Å². The van der Waals surface area contributed by atoms with E-state index < -0.39 is 5.97 Å². The molecule has 0 unspecified atom stereocenters. The number of ether oxygens (including phenoxy) is 2. The van der Waals surface area contributed by atoms with Crippen LogP contribution in [0, 0.1) is 20.8 Å². The second-order valence-corrected chi connectivity index (χ2v) is 8.59. The van der Waals surface area contributed by atoms with Gasteiger partial charge in [-0.15, -0.1) is 11.3 Å². The standard InChI is InChI=1S/C26H29NO4S/c1-5-30-26(29)24-22(21-13-10-18(3)15-19(21)4)16-32-25(24)27-23(28)7-6-14-31-20-11-8-17(2)9-12-20/h8-13,15-16H,5-7,14H2,1-4H3,(H,27,28). The molecule has 0 bridgehead atoms. The number of rotatable bonds is 9. The van der Waals surface area contributed by atoms with E-state index in [0.29, 0.717) is 30.0 Å². The van der Waals surface area contributed by atoms with Gasteiger partial charge in [-0.05, 0) is 57.4 Å². The van der Waals surface area contributed by atoms with E-state index in [1.807, 2.05) is 62.5 Å². The van der Waals surface area contributed by atoms with Crippen LogP contribution in [0.15, 0.2) is 47.8 Å². The Morgan fingerprint density at radius 1 is 0.969 bits per heavy atom. The maximum atomic E-state index is 12.7. The van der Waals surface area contributed by atoms with Crippen LogP contribution in [-0.4, -0.2) is 25.1 Å². The van der Waals surface area contributed by atoms with Crippen LogP contribution in [0.1, 0.15) is 46.8 Å². The summed E-state index contributed by atoms with van der Waals surface area (Å²) in [6.07, 6.45) is 0.870. The van der Waals surface area contributed by atoms with Gasteiger partial charge in [-0.2, -0.15) is 0 Å². The van der Waals surface area contributed by atoms with Crippen LogP contribution in [0.25, 0.3) is 11.1 Å². The molecule has 5 nitrogen and oxygen atoms in total. The predicted octanol–water partition coefficient (Wildman–Crippen LogP) is 6.31. The minimum atomic E-state index is -0.429. The first-order valence-electron chi connectivity index (χ1n) is 10.7. The van der Waals surface area contributed by atoms with Crippen molar-refractivity contribution in [3.05, 3.63) is 70.1 Å². The number of esters is 1. The minimum absolute atomic E-state index is 0.155. The van der Waals surface area contributed by atoms with Crippen molar-refractivity contribution in [2.24, 2.45) is 0 Å². The Morgan fingerprint density at radius 3 is 2.38 bits per heavy atom. The second-order valence-electron chi connectivity index (χ2n) is 7.71. The summed E-state index contributed by atoms with van der Waals surface area (Å²) in [7, 11) is 0. The van der Waals surface area contributed by atoms with Crippen LogP contribution in [-0.2, 0) is 9.53 Å². The van der Waals surface area contributed by atoms with Gasteiger partial charge in [-0.1, -0.05) is 41.5 Å². The summed E-state index contributed by atoms with van der Waals surface area (Å²) in [5, 5.41) is 5.32. The van der Waals surface area contributed by atoms with Crippen molar-refractivity contribution in [2.45, 2.75) is 40.5 Å². The van der Waals surface area contributed by atoms with Crippen molar-refractivity contribution < 1.29 is 19.1 Å². The molecule has 1 N–H and O–H groups in total. The fraction of sp³-hybridized carbons (Fsp3) is 0.308. The Hall–Kier alpha value is -3.12. The van der Waals surface area contributed by atoms with Crippen LogP contribution >= 0.6 is 11.3 Å². The molecular weight excluding hydrogens is 422 g/mol. The maximum Gasteiger partial charge on any atom is 0.341 e. The molecule has 0 fully saturated rings. The molecule has 0 radical (unpaired) electrons. The topological polar surface area (TPSA) is 64.6 Å². The predicted molar refractivity (Wildman–Crippen MR) is 130 cm³/mol. The van der Waals surface area contributed by atoms with E-state index in [-0.39, 0.29) is 12.5 Å². The van der Waals surface area contributed by atoms with Gasteiger partial charge >= 0.3 is 5.97 Å². The number of aryl methyl sites for hydroxylation is 3. The molecule has 32 heavy (non-hydrogen) atoms. The fourth-order valence-corrected chi connectivity index (χ4v) is 4.38.